The van der Waals surface area contributed by atoms with Gasteiger partial charge in [-0.3, -0.25) is 14.9 Å². The number of carboxylic acid groups (broad SMARTS) is 1. The average molecular weight is 378 g/mol. The number of aromatic nitrogens is 1. The van der Waals surface area contributed by atoms with Gasteiger partial charge in [-0.15, -0.1) is 0 Å². The molecule has 0 radical (unpaired) electrons. The molecule has 0 fully saturated rings. The molecule has 3 aromatic rings. The highest BCUT2D eigenvalue weighted by atomic mass is 16.6. The predicted molar refractivity (Wildman–Crippen MR) is 101 cm³/mol. The van der Waals surface area contributed by atoms with E-state index in [9.17, 15) is 19.7 Å². The zero-order chi connectivity index (χ0) is 20.1. The number of rotatable bonds is 6. The minimum atomic E-state index is -1.01. The molecule has 1 amide bonds. The number of hydrogen-bond donors (Lipinski definition) is 2. The van der Waals surface area contributed by atoms with Crippen LogP contribution in [0.4, 0.5) is 5.69 Å². The number of nitrogens with one attached hydrogen (secondary N) is 1. The van der Waals surface area contributed by atoms with Gasteiger partial charge >= 0.3 is 5.97 Å². The maximum absolute atomic E-state index is 12.1. The van der Waals surface area contributed by atoms with Gasteiger partial charge in [0.2, 0.25) is 0 Å². The predicted octanol–water partition coefficient (Wildman–Crippen LogP) is 2.85. The van der Waals surface area contributed by atoms with Crippen molar-refractivity contribution in [1.82, 2.24) is 9.99 Å². The third-order valence-electron chi connectivity index (χ3n) is 3.85. The zero-order valence-corrected chi connectivity index (χ0v) is 14.4. The molecule has 0 aliphatic rings. The third kappa shape index (κ3) is 4.10. The lowest BCUT2D eigenvalue weighted by Crippen LogP contribution is -2.18. The Hall–Kier alpha value is -4.27. The Bertz CT molecular complexity index is 1070. The number of carboxylic acids is 1. The Balaban J connectivity index is 1.73. The van der Waals surface area contributed by atoms with Gasteiger partial charge in [-0.05, 0) is 42.5 Å². The van der Waals surface area contributed by atoms with Crippen LogP contribution < -0.4 is 5.43 Å². The first-order chi connectivity index (χ1) is 13.5. The number of nitro benzene ring substituents is 1. The van der Waals surface area contributed by atoms with E-state index in [0.29, 0.717) is 5.69 Å². The van der Waals surface area contributed by atoms with Crippen LogP contribution in [-0.2, 0) is 0 Å². The minimum Gasteiger partial charge on any atom is -0.478 e. The standard InChI is InChI=1S/C19H14N4O5/c24-18(14-3-1-4-16(11-14)23(27)28)21-20-12-17-5-2-10-22(17)15-8-6-13(7-9-15)19(25)26/h1-12H,(H,21,24)(H,25,26)/b20-12-. The van der Waals surface area contributed by atoms with E-state index >= 15 is 0 Å². The van der Waals surface area contributed by atoms with Crippen molar-refractivity contribution in [3.05, 3.63) is 93.8 Å². The van der Waals surface area contributed by atoms with Gasteiger partial charge in [-0.25, -0.2) is 10.2 Å². The van der Waals surface area contributed by atoms with Crippen molar-refractivity contribution in [3.63, 3.8) is 0 Å². The van der Waals surface area contributed by atoms with Crippen LogP contribution in [0.15, 0.2) is 72.0 Å². The molecule has 9 nitrogen and oxygen atoms in total. The van der Waals surface area contributed by atoms with Crippen LogP contribution in [0.3, 0.4) is 0 Å². The third-order valence-corrected chi connectivity index (χ3v) is 3.85. The number of nitrogens with zero attached hydrogens (tertiary/aromatic N) is 3. The Morgan fingerprint density at radius 3 is 2.50 bits per heavy atom. The zero-order valence-electron chi connectivity index (χ0n) is 14.4. The van der Waals surface area contributed by atoms with Crippen molar-refractivity contribution in [2.75, 3.05) is 0 Å². The van der Waals surface area contributed by atoms with Gasteiger partial charge < -0.3 is 9.67 Å². The Morgan fingerprint density at radius 2 is 1.82 bits per heavy atom. The molecule has 0 spiro atoms. The molecule has 140 valence electrons. The summed E-state index contributed by atoms with van der Waals surface area (Å²) in [5.41, 5.74) is 3.80. The summed E-state index contributed by atoms with van der Waals surface area (Å²) in [6.07, 6.45) is 3.18. The summed E-state index contributed by atoms with van der Waals surface area (Å²) in [4.78, 5) is 33.2. The molecular weight excluding hydrogens is 364 g/mol. The van der Waals surface area contributed by atoms with E-state index in [1.807, 2.05) is 0 Å². The van der Waals surface area contributed by atoms with Crippen molar-refractivity contribution in [1.29, 1.82) is 0 Å². The van der Waals surface area contributed by atoms with Crippen LogP contribution in [0, 0.1) is 10.1 Å². The summed E-state index contributed by atoms with van der Waals surface area (Å²) in [7, 11) is 0. The quantitative estimate of drug-likeness (QED) is 0.387. The van der Waals surface area contributed by atoms with Gasteiger partial charge in [0.15, 0.2) is 0 Å². The first-order valence-electron chi connectivity index (χ1n) is 8.04. The average Bonchev–Trinajstić information content (AvgIpc) is 3.16. The number of nitro groups is 1. The molecule has 0 aliphatic heterocycles. The highest BCUT2D eigenvalue weighted by Gasteiger charge is 2.11. The van der Waals surface area contributed by atoms with Gasteiger partial charge in [0.1, 0.15) is 0 Å². The molecule has 28 heavy (non-hydrogen) atoms. The molecule has 0 unspecified atom stereocenters. The van der Waals surface area contributed by atoms with Crippen LogP contribution in [0.5, 0.6) is 0 Å². The number of benzene rings is 2. The van der Waals surface area contributed by atoms with Crippen LogP contribution in [0.25, 0.3) is 5.69 Å². The van der Waals surface area contributed by atoms with Crippen molar-refractivity contribution in [2.24, 2.45) is 5.10 Å². The summed E-state index contributed by atoms with van der Waals surface area (Å²) >= 11 is 0. The lowest BCUT2D eigenvalue weighted by Gasteiger charge is -2.06. The summed E-state index contributed by atoms with van der Waals surface area (Å²) in [5, 5.41) is 23.6. The number of hydrogen-bond acceptors (Lipinski definition) is 5. The van der Waals surface area contributed by atoms with E-state index in [4.69, 9.17) is 5.11 Å². The topological polar surface area (TPSA) is 127 Å². The highest BCUT2D eigenvalue weighted by Crippen LogP contribution is 2.14. The fourth-order valence-corrected chi connectivity index (χ4v) is 2.48. The SMILES string of the molecule is O=C(O)c1ccc(-n2cccc2/C=N\NC(=O)c2cccc([N+](=O)[O-])c2)cc1. The molecule has 1 heterocycles. The van der Waals surface area contributed by atoms with Gasteiger partial charge in [0.25, 0.3) is 11.6 Å². The Morgan fingerprint density at radius 1 is 1.07 bits per heavy atom. The molecule has 0 aliphatic carbocycles. The normalized spacial score (nSPS) is 10.7. The Kier molecular flexibility index (Phi) is 5.26. The van der Waals surface area contributed by atoms with Crippen molar-refractivity contribution in [2.45, 2.75) is 0 Å². The van der Waals surface area contributed by atoms with Crippen molar-refractivity contribution < 1.29 is 19.6 Å². The number of amides is 1. The first-order valence-corrected chi connectivity index (χ1v) is 8.04. The number of carbonyl (C=O) groups is 2. The molecular formula is C19H14N4O5. The summed E-state index contributed by atoms with van der Waals surface area (Å²) in [5.74, 6) is -1.59. The van der Waals surface area contributed by atoms with E-state index in [0.717, 1.165) is 11.8 Å². The van der Waals surface area contributed by atoms with Crippen LogP contribution in [-0.4, -0.2) is 32.7 Å². The van der Waals surface area contributed by atoms with E-state index < -0.39 is 16.8 Å². The maximum Gasteiger partial charge on any atom is 0.335 e. The van der Waals surface area contributed by atoms with Gasteiger partial charge in [0, 0.05) is 29.6 Å². The minimum absolute atomic E-state index is 0.117. The fraction of sp³-hybridized carbons (Fsp3) is 0. The van der Waals surface area contributed by atoms with Crippen LogP contribution >= 0.6 is 0 Å². The lowest BCUT2D eigenvalue weighted by atomic mass is 10.2. The van der Waals surface area contributed by atoms with E-state index in [1.165, 1.54) is 36.5 Å². The summed E-state index contributed by atoms with van der Waals surface area (Å²) in [6, 6.07) is 15.1. The molecule has 2 N–H and O–H groups in total. The second-order valence-corrected chi connectivity index (χ2v) is 5.66. The smallest absolute Gasteiger partial charge is 0.335 e. The van der Waals surface area contributed by atoms with E-state index in [1.54, 1.807) is 35.0 Å². The molecule has 0 saturated carbocycles. The summed E-state index contributed by atoms with van der Waals surface area (Å²) < 4.78 is 1.76. The molecule has 0 atom stereocenters. The van der Waals surface area contributed by atoms with Crippen molar-refractivity contribution in [3.8, 4) is 5.69 Å². The number of non-ortho nitro benzene ring substituents is 1. The second kappa shape index (κ2) is 7.96. The number of aromatic carboxylic acids is 1. The second-order valence-electron chi connectivity index (χ2n) is 5.66. The van der Waals surface area contributed by atoms with Crippen molar-refractivity contribution >= 4 is 23.8 Å². The van der Waals surface area contributed by atoms with E-state index in [2.05, 4.69) is 10.5 Å². The molecule has 3 rings (SSSR count). The van der Waals surface area contributed by atoms with Crippen LogP contribution in [0.1, 0.15) is 26.4 Å². The Labute approximate surface area is 158 Å². The highest BCUT2D eigenvalue weighted by molar-refractivity contribution is 5.95. The van der Waals surface area contributed by atoms with Crippen LogP contribution in [0.2, 0.25) is 0 Å². The fourth-order valence-electron chi connectivity index (χ4n) is 2.48. The largest absolute Gasteiger partial charge is 0.478 e. The number of carbonyl (C=O) groups excluding carboxylic acids is 1. The first kappa shape index (κ1) is 18.5. The molecule has 9 heteroatoms. The van der Waals surface area contributed by atoms with Gasteiger partial charge in [-0.1, -0.05) is 6.07 Å². The number of hydrazone groups is 1. The van der Waals surface area contributed by atoms with Gasteiger partial charge in [0.05, 0.1) is 22.4 Å². The summed E-state index contributed by atoms with van der Waals surface area (Å²) in [6.45, 7) is 0. The van der Waals surface area contributed by atoms with Gasteiger partial charge in [-0.2, -0.15) is 5.10 Å². The maximum atomic E-state index is 12.1. The molecule has 0 bridgehead atoms. The lowest BCUT2D eigenvalue weighted by molar-refractivity contribution is -0.384. The monoisotopic (exact) mass is 378 g/mol. The molecule has 0 saturated heterocycles. The molecule has 1 aromatic heterocycles. The molecule has 2 aromatic carbocycles. The van der Waals surface area contributed by atoms with E-state index in [-0.39, 0.29) is 16.8 Å².